The maximum absolute atomic E-state index is 12.9. The summed E-state index contributed by atoms with van der Waals surface area (Å²) in [5.41, 5.74) is 3.34. The van der Waals surface area contributed by atoms with Crippen LogP contribution in [0.5, 0.6) is 0 Å². The summed E-state index contributed by atoms with van der Waals surface area (Å²) >= 11 is 0. The molecule has 2 fully saturated rings. The lowest BCUT2D eigenvalue weighted by atomic mass is 9.95. The predicted octanol–water partition coefficient (Wildman–Crippen LogP) is 2.51. The van der Waals surface area contributed by atoms with E-state index in [2.05, 4.69) is 0 Å². The number of hydrogen-bond donors (Lipinski definition) is 0. The molecule has 0 spiro atoms. The molecule has 2 aromatic rings. The maximum atomic E-state index is 12.9. The molecule has 7 heteroatoms. The van der Waals surface area contributed by atoms with Crippen molar-refractivity contribution < 1.29 is 14.3 Å². The van der Waals surface area contributed by atoms with Gasteiger partial charge in [-0.3, -0.25) is 9.59 Å². The second-order valence-corrected chi connectivity index (χ2v) is 8.36. The lowest BCUT2D eigenvalue weighted by Gasteiger charge is -2.32. The van der Waals surface area contributed by atoms with Crippen molar-refractivity contribution in [3.05, 3.63) is 58.7 Å². The highest BCUT2D eigenvalue weighted by molar-refractivity contribution is 5.94. The predicted molar refractivity (Wildman–Crippen MR) is 117 cm³/mol. The largest absolute Gasteiger partial charge is 0.378 e. The van der Waals surface area contributed by atoms with Crippen LogP contribution in [0.3, 0.4) is 0 Å². The summed E-state index contributed by atoms with van der Waals surface area (Å²) in [6, 6.07) is 9.41. The van der Waals surface area contributed by atoms with Crippen molar-refractivity contribution >= 4 is 11.8 Å². The van der Waals surface area contributed by atoms with Crippen LogP contribution >= 0.6 is 0 Å². The molecule has 0 unspecified atom stereocenters. The number of nitrogens with zero attached hydrogens (tertiary/aromatic N) is 4. The van der Waals surface area contributed by atoms with Crippen LogP contribution in [-0.4, -0.2) is 71.0 Å². The molecular formula is C24H30N4O3. The number of ether oxygens (including phenoxy) is 1. The van der Waals surface area contributed by atoms with Crippen LogP contribution in [0, 0.1) is 13.8 Å². The van der Waals surface area contributed by atoms with E-state index in [4.69, 9.17) is 14.7 Å². The first-order valence-electron chi connectivity index (χ1n) is 11.1. The summed E-state index contributed by atoms with van der Waals surface area (Å²) in [7, 11) is 0. The quantitative estimate of drug-likeness (QED) is 0.757. The van der Waals surface area contributed by atoms with Crippen molar-refractivity contribution in [3.8, 4) is 0 Å². The summed E-state index contributed by atoms with van der Waals surface area (Å²) < 4.78 is 5.34. The number of piperidine rings is 1. The summed E-state index contributed by atoms with van der Waals surface area (Å²) in [4.78, 5) is 38.9. The molecule has 31 heavy (non-hydrogen) atoms. The van der Waals surface area contributed by atoms with E-state index in [0.29, 0.717) is 44.8 Å². The maximum Gasteiger partial charge on any atom is 0.253 e. The van der Waals surface area contributed by atoms with Gasteiger partial charge in [-0.05, 0) is 38.8 Å². The number of hydrogen-bond acceptors (Lipinski definition) is 5. The number of carbonyl (C=O) groups is 2. The number of amides is 2. The first-order valence-corrected chi connectivity index (χ1v) is 11.1. The van der Waals surface area contributed by atoms with E-state index in [1.807, 2.05) is 54.0 Å². The molecule has 2 saturated heterocycles. The van der Waals surface area contributed by atoms with Gasteiger partial charge in [0.25, 0.3) is 5.91 Å². The first kappa shape index (κ1) is 21.4. The molecule has 164 valence electrons. The van der Waals surface area contributed by atoms with Gasteiger partial charge in [0.05, 0.1) is 19.6 Å². The van der Waals surface area contributed by atoms with E-state index in [1.165, 1.54) is 0 Å². The van der Waals surface area contributed by atoms with E-state index >= 15 is 0 Å². The molecule has 0 N–H and O–H groups in total. The number of carbonyl (C=O) groups excluding carboxylic acids is 2. The minimum absolute atomic E-state index is 0.0615. The minimum atomic E-state index is 0.0615. The normalized spacial score (nSPS) is 19.4. The summed E-state index contributed by atoms with van der Waals surface area (Å²) in [6.45, 7) is 7.77. The molecule has 0 radical (unpaired) electrons. The number of benzene rings is 1. The Morgan fingerprint density at radius 3 is 2.35 bits per heavy atom. The number of aryl methyl sites for hydroxylation is 2. The Labute approximate surface area is 183 Å². The SMILES string of the molecule is Cc1nc([C@@H]2CCCN(C(=O)c3ccccc3)C2)nc(C)c1CC(=O)N1CCOCC1. The van der Waals surface area contributed by atoms with Crippen molar-refractivity contribution in [2.24, 2.45) is 0 Å². The van der Waals surface area contributed by atoms with Gasteiger partial charge in [-0.1, -0.05) is 18.2 Å². The molecule has 3 heterocycles. The molecule has 1 aromatic carbocycles. The third-order valence-electron chi connectivity index (χ3n) is 6.22. The monoisotopic (exact) mass is 422 g/mol. The molecule has 0 aliphatic carbocycles. The van der Waals surface area contributed by atoms with Gasteiger partial charge in [0.2, 0.25) is 5.91 Å². The average molecular weight is 423 g/mol. The molecule has 1 aromatic heterocycles. The second kappa shape index (κ2) is 9.56. The standard InChI is InChI=1S/C24H30N4O3/c1-17-21(15-22(29)27-11-13-31-14-12-27)18(2)26-23(25-17)20-9-6-10-28(16-20)24(30)19-7-4-3-5-8-19/h3-5,7-8,20H,6,9-16H2,1-2H3/t20-/m1/s1. The second-order valence-electron chi connectivity index (χ2n) is 8.36. The smallest absolute Gasteiger partial charge is 0.253 e. The van der Waals surface area contributed by atoms with Crippen molar-refractivity contribution in [1.29, 1.82) is 0 Å². The van der Waals surface area contributed by atoms with Crippen LogP contribution in [0.1, 0.15) is 51.9 Å². The molecule has 7 nitrogen and oxygen atoms in total. The van der Waals surface area contributed by atoms with E-state index in [-0.39, 0.29) is 17.7 Å². The van der Waals surface area contributed by atoms with E-state index < -0.39 is 0 Å². The summed E-state index contributed by atoms with van der Waals surface area (Å²) in [5, 5.41) is 0. The van der Waals surface area contributed by atoms with Crippen LogP contribution < -0.4 is 0 Å². The molecule has 4 rings (SSSR count). The Balaban J connectivity index is 1.47. The van der Waals surface area contributed by atoms with Crippen LogP contribution in [-0.2, 0) is 16.0 Å². The van der Waals surface area contributed by atoms with Gasteiger partial charge in [-0.2, -0.15) is 0 Å². The highest BCUT2D eigenvalue weighted by Gasteiger charge is 2.28. The fourth-order valence-electron chi connectivity index (χ4n) is 4.42. The van der Waals surface area contributed by atoms with Gasteiger partial charge >= 0.3 is 0 Å². The van der Waals surface area contributed by atoms with Crippen molar-refractivity contribution in [2.75, 3.05) is 39.4 Å². The molecule has 2 aliphatic heterocycles. The van der Waals surface area contributed by atoms with Crippen molar-refractivity contribution in [1.82, 2.24) is 19.8 Å². The summed E-state index contributed by atoms with van der Waals surface area (Å²) in [5.74, 6) is 1.06. The highest BCUT2D eigenvalue weighted by Crippen LogP contribution is 2.27. The van der Waals surface area contributed by atoms with Crippen LogP contribution in [0.15, 0.2) is 30.3 Å². The Morgan fingerprint density at radius 1 is 1.00 bits per heavy atom. The van der Waals surface area contributed by atoms with E-state index in [9.17, 15) is 9.59 Å². The van der Waals surface area contributed by atoms with Crippen molar-refractivity contribution in [3.63, 3.8) is 0 Å². The number of morpholine rings is 1. The minimum Gasteiger partial charge on any atom is -0.378 e. The topological polar surface area (TPSA) is 75.6 Å². The van der Waals surface area contributed by atoms with E-state index in [0.717, 1.165) is 42.2 Å². The zero-order valence-corrected chi connectivity index (χ0v) is 18.3. The van der Waals surface area contributed by atoms with E-state index in [1.54, 1.807) is 0 Å². The van der Waals surface area contributed by atoms with Gasteiger partial charge in [-0.15, -0.1) is 0 Å². The number of rotatable bonds is 4. The molecule has 0 saturated carbocycles. The van der Waals surface area contributed by atoms with Gasteiger partial charge in [0, 0.05) is 54.6 Å². The fraction of sp³-hybridized carbons (Fsp3) is 0.500. The Bertz CT molecular complexity index is 918. The first-order chi connectivity index (χ1) is 15.0. The average Bonchev–Trinajstić information content (AvgIpc) is 2.82. The highest BCUT2D eigenvalue weighted by atomic mass is 16.5. The number of aromatic nitrogens is 2. The van der Waals surface area contributed by atoms with Gasteiger partial charge < -0.3 is 14.5 Å². The Morgan fingerprint density at radius 2 is 1.68 bits per heavy atom. The molecular weight excluding hydrogens is 392 g/mol. The van der Waals surface area contributed by atoms with Gasteiger partial charge in [0.15, 0.2) is 0 Å². The van der Waals surface area contributed by atoms with Crippen LogP contribution in [0.2, 0.25) is 0 Å². The molecule has 0 bridgehead atoms. The number of likely N-dealkylation sites (tertiary alicyclic amines) is 1. The third-order valence-corrected chi connectivity index (χ3v) is 6.22. The zero-order valence-electron chi connectivity index (χ0n) is 18.3. The fourth-order valence-corrected chi connectivity index (χ4v) is 4.42. The lowest BCUT2D eigenvalue weighted by molar-refractivity contribution is -0.134. The third kappa shape index (κ3) is 4.93. The molecule has 2 amide bonds. The molecule has 2 aliphatic rings. The van der Waals surface area contributed by atoms with Crippen molar-refractivity contribution in [2.45, 2.75) is 39.0 Å². The van der Waals surface area contributed by atoms with Gasteiger partial charge in [-0.25, -0.2) is 9.97 Å². The molecule has 1 atom stereocenters. The van der Waals surface area contributed by atoms with Crippen LogP contribution in [0.25, 0.3) is 0 Å². The Hall–Kier alpha value is -2.80. The summed E-state index contributed by atoms with van der Waals surface area (Å²) in [6.07, 6.45) is 2.21. The van der Waals surface area contributed by atoms with Crippen LogP contribution in [0.4, 0.5) is 0 Å². The zero-order chi connectivity index (χ0) is 21.8. The Kier molecular flexibility index (Phi) is 6.61. The van der Waals surface area contributed by atoms with Gasteiger partial charge in [0.1, 0.15) is 5.82 Å². The lowest BCUT2D eigenvalue weighted by Crippen LogP contribution is -2.41.